The summed E-state index contributed by atoms with van der Waals surface area (Å²) in [7, 11) is 0. The van der Waals surface area contributed by atoms with Crippen LogP contribution in [0.25, 0.3) is 22.3 Å². The zero-order valence-electron chi connectivity index (χ0n) is 33.1. The molecular formula is C47H49F3N6O3. The summed E-state index contributed by atoms with van der Waals surface area (Å²) in [6.07, 6.45) is 3.32. The number of aromatic nitrogens is 4. The third-order valence-corrected chi connectivity index (χ3v) is 10.9. The fourth-order valence-electron chi connectivity index (χ4n) is 7.64. The lowest BCUT2D eigenvalue weighted by molar-refractivity contribution is -0.141. The van der Waals surface area contributed by atoms with E-state index in [1.807, 2.05) is 127 Å². The van der Waals surface area contributed by atoms with Gasteiger partial charge in [0.2, 0.25) is 0 Å². The highest BCUT2D eigenvalue weighted by Gasteiger charge is 2.33. The van der Waals surface area contributed by atoms with Gasteiger partial charge in [-0.2, -0.15) is 13.2 Å². The van der Waals surface area contributed by atoms with Crippen molar-refractivity contribution in [1.29, 1.82) is 0 Å². The van der Waals surface area contributed by atoms with Crippen molar-refractivity contribution in [2.24, 2.45) is 11.8 Å². The molecule has 0 radical (unpaired) electrons. The molecule has 59 heavy (non-hydrogen) atoms. The van der Waals surface area contributed by atoms with Crippen molar-refractivity contribution in [1.82, 2.24) is 29.7 Å². The van der Waals surface area contributed by atoms with Crippen LogP contribution in [0.4, 0.5) is 13.2 Å². The number of H-pyrrole nitrogens is 2. The van der Waals surface area contributed by atoms with Gasteiger partial charge in [-0.1, -0.05) is 84.9 Å². The summed E-state index contributed by atoms with van der Waals surface area (Å²) in [4.78, 5) is 51.4. The van der Waals surface area contributed by atoms with Crippen LogP contribution in [-0.2, 0) is 23.8 Å². The number of hydrogen-bond donors (Lipinski definition) is 2. The van der Waals surface area contributed by atoms with Crippen LogP contribution < -0.4 is 0 Å². The number of aryl methyl sites for hydroxylation is 1. The van der Waals surface area contributed by atoms with E-state index in [0.717, 1.165) is 85.2 Å². The number of carbonyl (C=O) groups excluding carboxylic acids is 3. The Morgan fingerprint density at radius 3 is 1.32 bits per heavy atom. The number of nitrogens with one attached hydrogen (secondary N) is 2. The van der Waals surface area contributed by atoms with E-state index in [2.05, 4.69) is 32.1 Å². The number of benzene rings is 4. The highest BCUT2D eigenvalue weighted by Crippen LogP contribution is 2.29. The summed E-state index contributed by atoms with van der Waals surface area (Å²) >= 11 is 0. The number of aromatic amines is 2. The molecule has 4 heterocycles. The predicted octanol–water partition coefficient (Wildman–Crippen LogP) is 9.49. The molecule has 2 N–H and O–H groups in total. The first kappa shape index (κ1) is 42.3. The van der Waals surface area contributed by atoms with Crippen molar-refractivity contribution < 1.29 is 27.6 Å². The van der Waals surface area contributed by atoms with Crippen molar-refractivity contribution in [3.63, 3.8) is 0 Å². The third kappa shape index (κ3) is 11.4. The molecule has 4 aromatic carbocycles. The Bertz CT molecular complexity index is 2220. The number of halogens is 3. The van der Waals surface area contributed by atoms with Gasteiger partial charge in [-0.15, -0.1) is 0 Å². The van der Waals surface area contributed by atoms with Crippen molar-refractivity contribution in [2.75, 3.05) is 26.2 Å². The first-order valence-electron chi connectivity index (χ1n) is 19.9. The summed E-state index contributed by atoms with van der Waals surface area (Å²) in [5.74, 6) is 2.35. The second-order valence-electron chi connectivity index (χ2n) is 15.0. The highest BCUT2D eigenvalue weighted by atomic mass is 19.4. The van der Waals surface area contributed by atoms with E-state index in [0.29, 0.717) is 36.8 Å². The molecule has 2 aromatic heterocycles. The second kappa shape index (κ2) is 19.9. The average molecular weight is 803 g/mol. The molecule has 2 aliphatic rings. The van der Waals surface area contributed by atoms with Crippen LogP contribution in [-0.4, -0.2) is 74.5 Å². The molecule has 2 amide bonds. The van der Waals surface area contributed by atoms with Gasteiger partial charge in [0, 0.05) is 62.0 Å². The number of piperidine rings is 2. The van der Waals surface area contributed by atoms with Crippen molar-refractivity contribution >= 4 is 18.6 Å². The minimum Gasteiger partial charge on any atom is -0.346 e. The summed E-state index contributed by atoms with van der Waals surface area (Å²) in [5.41, 5.74) is 6.18. The number of likely N-dealkylation sites (tertiary alicyclic amines) is 2. The van der Waals surface area contributed by atoms with Crippen LogP contribution in [0.1, 0.15) is 69.4 Å². The smallest absolute Gasteiger partial charge is 0.346 e. The number of hydrogen-bond acceptors (Lipinski definition) is 5. The predicted molar refractivity (Wildman–Crippen MR) is 222 cm³/mol. The third-order valence-electron chi connectivity index (χ3n) is 10.9. The fourth-order valence-corrected chi connectivity index (χ4v) is 7.64. The Kier molecular flexibility index (Phi) is 14.3. The highest BCUT2D eigenvalue weighted by molar-refractivity contribution is 5.95. The standard InChI is InChI=1S/C23H22F3N3O.C23H25N3O.CH2O/c24-23(25,26)20-15-27-21(28-20)14-16-10-12-29(13-11-16)22(30)19-8-6-18(7-9-19)17-4-2-1-3-5-17;1-17-16-24-22(25-17)15-18-11-13-26(14-12-18)23(27)21-9-7-20(8-10-21)19-5-3-2-4-6-19;1-2/h1-9,15-16H,10-14H2,(H,27,28);2-10,16,18H,11-15H2,1H3,(H,24,25);1H2. The van der Waals surface area contributed by atoms with Crippen LogP contribution >= 0.6 is 0 Å². The fraction of sp³-hybridized carbons (Fsp3) is 0.298. The second-order valence-corrected chi connectivity index (χ2v) is 15.0. The monoisotopic (exact) mass is 802 g/mol. The molecule has 6 aromatic rings. The molecule has 12 heteroatoms. The zero-order valence-corrected chi connectivity index (χ0v) is 33.1. The molecule has 306 valence electrons. The van der Waals surface area contributed by atoms with E-state index in [-0.39, 0.29) is 17.7 Å². The summed E-state index contributed by atoms with van der Waals surface area (Å²) < 4.78 is 38.1. The number of rotatable bonds is 8. The molecule has 9 nitrogen and oxygen atoms in total. The molecule has 0 spiro atoms. The van der Waals surface area contributed by atoms with E-state index < -0.39 is 11.9 Å². The first-order chi connectivity index (χ1) is 28.6. The number of carbonyl (C=O) groups is 3. The van der Waals surface area contributed by atoms with Crippen LogP contribution in [0.15, 0.2) is 122 Å². The lowest BCUT2D eigenvalue weighted by Crippen LogP contribution is -2.39. The van der Waals surface area contributed by atoms with Crippen molar-refractivity contribution in [2.45, 2.75) is 51.6 Å². The number of nitrogens with zero attached hydrogens (tertiary/aromatic N) is 4. The Balaban J connectivity index is 0.000000191. The van der Waals surface area contributed by atoms with Gasteiger partial charge in [0.25, 0.3) is 11.8 Å². The van der Waals surface area contributed by atoms with Crippen LogP contribution in [0, 0.1) is 18.8 Å². The minimum absolute atomic E-state index is 0.00887. The minimum atomic E-state index is -4.41. The van der Waals surface area contributed by atoms with Gasteiger partial charge in [0.1, 0.15) is 24.1 Å². The maximum Gasteiger partial charge on any atom is 0.432 e. The zero-order chi connectivity index (χ0) is 41.8. The van der Waals surface area contributed by atoms with Gasteiger partial charge in [-0.3, -0.25) is 9.59 Å². The molecule has 8 rings (SSSR count). The van der Waals surface area contributed by atoms with Gasteiger partial charge in [0.05, 0.1) is 6.20 Å². The van der Waals surface area contributed by atoms with E-state index >= 15 is 0 Å². The van der Waals surface area contributed by atoms with E-state index in [9.17, 15) is 22.8 Å². The molecule has 2 saturated heterocycles. The summed E-state index contributed by atoms with van der Waals surface area (Å²) in [5, 5.41) is 0. The van der Waals surface area contributed by atoms with Gasteiger partial charge in [-0.05, 0) is 91.0 Å². The topological polar surface area (TPSA) is 115 Å². The quantitative estimate of drug-likeness (QED) is 0.159. The lowest BCUT2D eigenvalue weighted by Gasteiger charge is -2.31. The van der Waals surface area contributed by atoms with E-state index in [1.165, 1.54) is 5.56 Å². The molecule has 2 fully saturated rings. The van der Waals surface area contributed by atoms with Crippen LogP contribution in [0.5, 0.6) is 0 Å². The maximum atomic E-state index is 12.8. The maximum absolute atomic E-state index is 12.8. The average Bonchev–Trinajstić information content (AvgIpc) is 3.94. The Hall–Kier alpha value is -6.30. The molecule has 0 unspecified atom stereocenters. The van der Waals surface area contributed by atoms with Gasteiger partial charge in [-0.25, -0.2) is 9.97 Å². The molecule has 0 aliphatic carbocycles. The SMILES string of the molecule is C=O.Cc1cnc(CC2CCN(C(=O)c3ccc(-c4ccccc4)cc3)CC2)[nH]1.O=C(c1ccc(-c2ccccc2)cc1)N1CCC(Cc2ncc(C(F)(F)F)[nH]2)CC1. The van der Waals surface area contributed by atoms with E-state index in [1.54, 1.807) is 0 Å². The Labute approximate surface area is 342 Å². The summed E-state index contributed by atoms with van der Waals surface area (Å²) in [6.45, 7) is 6.86. The van der Waals surface area contributed by atoms with Gasteiger partial charge >= 0.3 is 6.18 Å². The number of imidazole rings is 2. The Morgan fingerprint density at radius 2 is 0.966 bits per heavy atom. The largest absolute Gasteiger partial charge is 0.432 e. The lowest BCUT2D eigenvalue weighted by atomic mass is 9.93. The van der Waals surface area contributed by atoms with Gasteiger partial charge < -0.3 is 24.6 Å². The molecule has 0 saturated carbocycles. The Morgan fingerprint density at radius 1 is 0.593 bits per heavy atom. The molecular weight excluding hydrogens is 754 g/mol. The number of amides is 2. The molecule has 2 aliphatic heterocycles. The van der Waals surface area contributed by atoms with Crippen molar-refractivity contribution in [3.8, 4) is 22.3 Å². The number of alkyl halides is 3. The first-order valence-corrected chi connectivity index (χ1v) is 19.9. The van der Waals surface area contributed by atoms with Crippen LogP contribution in [0.2, 0.25) is 0 Å². The molecule has 0 atom stereocenters. The van der Waals surface area contributed by atoms with Gasteiger partial charge in [0.15, 0.2) is 0 Å². The molecule has 0 bridgehead atoms. The summed E-state index contributed by atoms with van der Waals surface area (Å²) in [6, 6.07) is 35.8. The van der Waals surface area contributed by atoms with Crippen molar-refractivity contribution in [3.05, 3.63) is 156 Å². The normalized spacial score (nSPS) is 14.8. The van der Waals surface area contributed by atoms with E-state index in [4.69, 9.17) is 4.79 Å². The van der Waals surface area contributed by atoms with Crippen LogP contribution in [0.3, 0.4) is 0 Å².